The quantitative estimate of drug-likeness (QED) is 0.461. The summed E-state index contributed by atoms with van der Waals surface area (Å²) < 4.78 is 5.91. The lowest BCUT2D eigenvalue weighted by Gasteiger charge is -2.44. The maximum Gasteiger partial charge on any atom is 0.253 e. The van der Waals surface area contributed by atoms with E-state index in [2.05, 4.69) is 20.8 Å². The normalized spacial score (nSPS) is 21.2. The molecule has 8 heteroatoms. The summed E-state index contributed by atoms with van der Waals surface area (Å²) in [4.78, 5) is 26.8. The summed E-state index contributed by atoms with van der Waals surface area (Å²) in [6.45, 7) is 6.93. The highest BCUT2D eigenvalue weighted by Gasteiger charge is 2.46. The van der Waals surface area contributed by atoms with Crippen molar-refractivity contribution in [2.24, 2.45) is 11.7 Å². The van der Waals surface area contributed by atoms with Crippen molar-refractivity contribution >= 4 is 46.8 Å². The van der Waals surface area contributed by atoms with Gasteiger partial charge in [0.2, 0.25) is 5.91 Å². The van der Waals surface area contributed by atoms with Crippen LogP contribution in [0.15, 0.2) is 54.6 Å². The number of nitrogens with two attached hydrogens (primary N) is 1. The smallest absolute Gasteiger partial charge is 0.253 e. The van der Waals surface area contributed by atoms with Crippen molar-refractivity contribution in [3.63, 3.8) is 0 Å². The number of primary amides is 1. The van der Waals surface area contributed by atoms with Crippen molar-refractivity contribution in [1.29, 1.82) is 0 Å². The number of carbonyl (C=O) groups excluding carboxylic acids is 2. The number of hydrogen-bond acceptors (Lipinski definition) is 4. The number of hydrogen-bond donors (Lipinski definition) is 1. The van der Waals surface area contributed by atoms with E-state index in [4.69, 9.17) is 33.7 Å². The van der Waals surface area contributed by atoms with Crippen molar-refractivity contribution in [2.75, 3.05) is 12.4 Å². The van der Waals surface area contributed by atoms with Crippen LogP contribution in [0, 0.1) is 5.92 Å². The molecular formula is C27H34Cl2N2O3S. The molecule has 3 unspecified atom stereocenters. The number of rotatable bonds is 7. The summed E-state index contributed by atoms with van der Waals surface area (Å²) in [7, 11) is 0. The lowest BCUT2D eigenvalue weighted by molar-refractivity contribution is -0.166. The summed E-state index contributed by atoms with van der Waals surface area (Å²) in [6, 6.07) is 17.0. The molecule has 2 aromatic carbocycles. The molecule has 0 bridgehead atoms. The molecule has 1 saturated heterocycles. The molecule has 190 valence electrons. The van der Waals surface area contributed by atoms with Crippen LogP contribution in [-0.2, 0) is 14.3 Å². The number of carbonyl (C=O) groups is 2. The molecule has 2 aliphatic rings. The van der Waals surface area contributed by atoms with Crippen molar-refractivity contribution in [3.8, 4) is 0 Å². The van der Waals surface area contributed by atoms with Gasteiger partial charge in [0.15, 0.2) is 0 Å². The number of ether oxygens (including phenoxy) is 1. The van der Waals surface area contributed by atoms with E-state index in [0.29, 0.717) is 17.5 Å². The van der Waals surface area contributed by atoms with Crippen LogP contribution in [-0.4, -0.2) is 46.0 Å². The molecule has 4 rings (SSSR count). The molecule has 5 nitrogen and oxygen atoms in total. The first-order chi connectivity index (χ1) is 16.5. The summed E-state index contributed by atoms with van der Waals surface area (Å²) in [5.74, 6) is 0.723. The maximum absolute atomic E-state index is 13.4. The van der Waals surface area contributed by atoms with Crippen LogP contribution in [0.2, 0.25) is 10.0 Å². The molecule has 2 fully saturated rings. The topological polar surface area (TPSA) is 72.6 Å². The molecule has 0 aromatic heterocycles. The number of halogens is 2. The number of nitrogens with zero attached hydrogens (tertiary/aromatic N) is 1. The van der Waals surface area contributed by atoms with Gasteiger partial charge in [-0.15, -0.1) is 0 Å². The molecule has 0 spiro atoms. The summed E-state index contributed by atoms with van der Waals surface area (Å²) in [5, 5.41) is 1.45. The second-order valence-electron chi connectivity index (χ2n) is 9.93. The van der Waals surface area contributed by atoms with E-state index in [9.17, 15) is 9.59 Å². The van der Waals surface area contributed by atoms with E-state index in [1.165, 1.54) is 0 Å². The van der Waals surface area contributed by atoms with Crippen molar-refractivity contribution < 1.29 is 14.3 Å². The fourth-order valence-corrected chi connectivity index (χ4v) is 5.39. The highest BCUT2D eigenvalue weighted by atomic mass is 35.5. The summed E-state index contributed by atoms with van der Waals surface area (Å²) >= 11 is 13.5. The third kappa shape index (κ3) is 8.71. The van der Waals surface area contributed by atoms with Crippen LogP contribution in [0.1, 0.15) is 51.6 Å². The third-order valence-electron chi connectivity index (χ3n) is 5.91. The molecule has 2 aromatic rings. The molecule has 3 atom stereocenters. The van der Waals surface area contributed by atoms with Gasteiger partial charge in [-0.25, -0.2) is 0 Å². The molecule has 1 heterocycles. The molecular weight excluding hydrogens is 503 g/mol. The Morgan fingerprint density at radius 2 is 1.69 bits per heavy atom. The fourth-order valence-electron chi connectivity index (χ4n) is 4.02. The standard InChI is InChI=1S/C21H29ClN2O3S.C6H5Cl/c1-21(2,3)28-12-17(14-4-5-14)24-16(13-6-8-15(22)9-7-13)11-27-18(20(24)26)10-19(23)25;7-6-4-2-1-3-5-6/h6-9,14,16-18H,4-5,10-12H2,1-3H3,(H2,23,25);1-5H. The predicted octanol–water partition coefficient (Wildman–Crippen LogP) is 6.13. The van der Waals surface area contributed by atoms with Gasteiger partial charge in [-0.05, 0) is 48.6 Å². The monoisotopic (exact) mass is 536 g/mol. The average Bonchev–Trinajstić information content (AvgIpc) is 3.62. The molecule has 1 saturated carbocycles. The highest BCUT2D eigenvalue weighted by Crippen LogP contribution is 2.43. The van der Waals surface area contributed by atoms with E-state index in [0.717, 1.165) is 29.2 Å². The lowest BCUT2D eigenvalue weighted by Crippen LogP contribution is -2.56. The van der Waals surface area contributed by atoms with Gasteiger partial charge in [0.25, 0.3) is 5.91 Å². The van der Waals surface area contributed by atoms with Crippen LogP contribution in [0.4, 0.5) is 0 Å². The van der Waals surface area contributed by atoms with Crippen LogP contribution >= 0.6 is 35.0 Å². The second kappa shape index (κ2) is 12.5. The first-order valence-electron chi connectivity index (χ1n) is 11.9. The van der Waals surface area contributed by atoms with Gasteiger partial charge in [-0.1, -0.05) is 74.3 Å². The zero-order chi connectivity index (χ0) is 25.6. The molecule has 0 radical (unpaired) electrons. The van der Waals surface area contributed by atoms with E-state index >= 15 is 0 Å². The third-order valence-corrected chi connectivity index (χ3v) is 7.78. The number of thioether (sulfide) groups is 1. The van der Waals surface area contributed by atoms with E-state index < -0.39 is 12.0 Å². The maximum atomic E-state index is 13.4. The second-order valence-corrected chi connectivity index (χ2v) is 12.6. The Balaban J connectivity index is 0.000000420. The van der Waals surface area contributed by atoms with Crippen LogP contribution in [0.25, 0.3) is 0 Å². The van der Waals surface area contributed by atoms with Crippen molar-refractivity contribution in [3.05, 3.63) is 70.2 Å². The van der Waals surface area contributed by atoms with Gasteiger partial charge in [0, 0.05) is 26.6 Å². The van der Waals surface area contributed by atoms with Crippen molar-refractivity contribution in [2.45, 2.75) is 63.0 Å². The van der Waals surface area contributed by atoms with Crippen LogP contribution in [0.5, 0.6) is 0 Å². The van der Waals surface area contributed by atoms with Gasteiger partial charge in [-0.3, -0.25) is 9.59 Å². The zero-order valence-corrected chi connectivity index (χ0v) is 22.8. The van der Waals surface area contributed by atoms with Gasteiger partial charge < -0.3 is 15.4 Å². The first-order valence-corrected chi connectivity index (χ1v) is 13.6. The minimum atomic E-state index is -0.790. The highest BCUT2D eigenvalue weighted by molar-refractivity contribution is 8.00. The Kier molecular flexibility index (Phi) is 9.94. The summed E-state index contributed by atoms with van der Waals surface area (Å²) in [6.07, 6.45) is 1.40. The molecule has 35 heavy (non-hydrogen) atoms. The Hall–Kier alpha value is -1.73. The van der Waals surface area contributed by atoms with Gasteiger partial charge in [0.1, 0.15) is 6.10 Å². The van der Waals surface area contributed by atoms with Crippen molar-refractivity contribution in [1.82, 2.24) is 4.90 Å². The largest absolute Gasteiger partial charge is 0.370 e. The van der Waals surface area contributed by atoms with Gasteiger partial charge in [0.05, 0.1) is 19.1 Å². The summed E-state index contributed by atoms with van der Waals surface area (Å²) in [5.41, 5.74) is 6.35. The van der Waals surface area contributed by atoms with E-state index in [1.54, 1.807) is 0 Å². The average molecular weight is 538 g/mol. The molecule has 2 N–H and O–H groups in total. The number of benzene rings is 2. The Labute approximate surface area is 222 Å². The lowest BCUT2D eigenvalue weighted by atomic mass is 9.98. The number of morpholine rings is 1. The van der Waals surface area contributed by atoms with Gasteiger partial charge >= 0.3 is 0 Å². The zero-order valence-electron chi connectivity index (χ0n) is 20.5. The fraction of sp³-hybridized carbons (Fsp3) is 0.481. The van der Waals surface area contributed by atoms with E-state index in [-0.39, 0.29) is 29.2 Å². The molecule has 1 aliphatic carbocycles. The Bertz CT molecular complexity index is 978. The van der Waals surface area contributed by atoms with Crippen LogP contribution < -0.4 is 5.73 Å². The van der Waals surface area contributed by atoms with Gasteiger partial charge in [-0.2, -0.15) is 11.8 Å². The number of amides is 2. The van der Waals surface area contributed by atoms with Crippen LogP contribution in [0.3, 0.4) is 0 Å². The molecule has 1 aliphatic heterocycles. The predicted molar refractivity (Wildman–Crippen MR) is 145 cm³/mol. The Morgan fingerprint density at radius 1 is 1.09 bits per heavy atom. The first kappa shape index (κ1) is 27.9. The minimum absolute atomic E-state index is 0.0769. The minimum Gasteiger partial charge on any atom is -0.370 e. The Morgan fingerprint density at radius 3 is 2.17 bits per heavy atom. The van der Waals surface area contributed by atoms with E-state index in [1.807, 2.05) is 71.3 Å². The SMILES string of the molecule is CC(C)(C)SCC(C1CC1)N1C(=O)C(CC(N)=O)OCC1c1ccc(Cl)cc1.Clc1ccccc1. The molecule has 2 amide bonds.